The molecular weight excluding hydrogens is 523 g/mol. The maximum Gasteiger partial charge on any atom is 0.408 e. The van der Waals surface area contributed by atoms with E-state index >= 15 is 0 Å². The number of ketones is 1. The fourth-order valence-electron chi connectivity index (χ4n) is 4.63. The van der Waals surface area contributed by atoms with Gasteiger partial charge in [-0.1, -0.05) is 40.0 Å². The van der Waals surface area contributed by atoms with Gasteiger partial charge in [0.05, 0.1) is 6.04 Å². The molecule has 1 saturated heterocycles. The van der Waals surface area contributed by atoms with Crippen LogP contribution < -0.4 is 16.4 Å². The number of nitrogens with two attached hydrogens (primary N) is 1. The molecule has 4 amide bonds. The summed E-state index contributed by atoms with van der Waals surface area (Å²) in [4.78, 5) is 64.4. The Balaban J connectivity index is 2.31. The van der Waals surface area contributed by atoms with Crippen LogP contribution in [0.3, 0.4) is 0 Å². The van der Waals surface area contributed by atoms with Crippen LogP contribution >= 0.6 is 23.2 Å². The third-order valence-electron chi connectivity index (χ3n) is 6.76. The first-order chi connectivity index (χ1) is 16.9. The third-order valence-corrected chi connectivity index (χ3v) is 7.41. The molecule has 37 heavy (non-hydrogen) atoms. The van der Waals surface area contributed by atoms with Crippen molar-refractivity contribution in [3.05, 3.63) is 0 Å². The fourth-order valence-corrected chi connectivity index (χ4v) is 5.15. The van der Waals surface area contributed by atoms with Crippen LogP contribution in [-0.4, -0.2) is 69.6 Å². The van der Waals surface area contributed by atoms with E-state index in [1.807, 2.05) is 0 Å². The number of nitrogens with zero attached hydrogens (tertiary/aromatic N) is 1. The monoisotopic (exact) mass is 562 g/mol. The molecule has 10 nitrogen and oxygen atoms in total. The van der Waals surface area contributed by atoms with Crippen molar-refractivity contribution in [1.82, 2.24) is 15.5 Å². The van der Waals surface area contributed by atoms with E-state index in [0.29, 0.717) is 6.42 Å². The van der Waals surface area contributed by atoms with Gasteiger partial charge in [-0.15, -0.1) is 23.2 Å². The number of amides is 4. The number of rotatable bonds is 9. The second-order valence-corrected chi connectivity index (χ2v) is 13.2. The van der Waals surface area contributed by atoms with Crippen LogP contribution in [-0.2, 0) is 23.9 Å². The van der Waals surface area contributed by atoms with Gasteiger partial charge in [-0.25, -0.2) is 4.79 Å². The number of alkyl halides is 2. The summed E-state index contributed by atoms with van der Waals surface area (Å²) in [5.41, 5.74) is 3.72. The number of hydrogen-bond donors (Lipinski definition) is 3. The van der Waals surface area contributed by atoms with E-state index in [9.17, 15) is 24.0 Å². The van der Waals surface area contributed by atoms with Crippen molar-refractivity contribution in [1.29, 1.82) is 0 Å². The number of carbonyl (C=O) groups is 5. The largest absolute Gasteiger partial charge is 0.444 e. The number of alkyl carbamates (subject to hydrolysis) is 1. The lowest BCUT2D eigenvalue weighted by Crippen LogP contribution is -2.60. The molecule has 0 radical (unpaired) electrons. The highest BCUT2D eigenvalue weighted by atomic mass is 35.5. The Morgan fingerprint density at radius 1 is 1.00 bits per heavy atom. The number of likely N-dealkylation sites (tertiary alicyclic amines) is 1. The first kappa shape index (κ1) is 31.1. The van der Waals surface area contributed by atoms with E-state index in [1.165, 1.54) is 4.90 Å². The minimum absolute atomic E-state index is 0.164. The number of carbonyl (C=O) groups excluding carboxylic acids is 5. The molecule has 2 rings (SSSR count). The highest BCUT2D eigenvalue weighted by Crippen LogP contribution is 2.35. The zero-order valence-corrected chi connectivity index (χ0v) is 23.9. The number of hydrogen-bond acceptors (Lipinski definition) is 6. The molecule has 210 valence electrons. The summed E-state index contributed by atoms with van der Waals surface area (Å²) < 4.78 is 5.34. The van der Waals surface area contributed by atoms with E-state index < -0.39 is 69.5 Å². The second-order valence-electron chi connectivity index (χ2n) is 12.0. The van der Waals surface area contributed by atoms with Crippen molar-refractivity contribution in [2.24, 2.45) is 23.0 Å². The Kier molecular flexibility index (Phi) is 10.3. The normalized spacial score (nSPS) is 22.1. The van der Waals surface area contributed by atoms with Crippen LogP contribution in [0, 0.1) is 17.3 Å². The summed E-state index contributed by atoms with van der Waals surface area (Å²) in [6.07, 6.45) is 2.66. The van der Waals surface area contributed by atoms with E-state index in [4.69, 9.17) is 33.7 Å². The maximum atomic E-state index is 13.8. The lowest BCUT2D eigenvalue weighted by Gasteiger charge is -2.37. The van der Waals surface area contributed by atoms with Crippen molar-refractivity contribution in [2.45, 2.75) is 102 Å². The van der Waals surface area contributed by atoms with E-state index in [0.717, 1.165) is 19.3 Å². The quantitative estimate of drug-likeness (QED) is 0.290. The molecule has 0 aromatic rings. The highest BCUT2D eigenvalue weighted by Gasteiger charge is 2.49. The fraction of sp³-hybridized carbons (Fsp3) is 0.800. The Hall–Kier alpha value is -2.07. The van der Waals surface area contributed by atoms with Gasteiger partial charge in [-0.05, 0) is 44.9 Å². The second kappa shape index (κ2) is 12.2. The van der Waals surface area contributed by atoms with Gasteiger partial charge in [0.2, 0.25) is 17.6 Å². The van der Waals surface area contributed by atoms with E-state index in [2.05, 4.69) is 10.6 Å². The predicted octanol–water partition coefficient (Wildman–Crippen LogP) is 2.68. The molecule has 1 heterocycles. The van der Waals surface area contributed by atoms with Gasteiger partial charge >= 0.3 is 6.09 Å². The average molecular weight is 564 g/mol. The van der Waals surface area contributed by atoms with Crippen LogP contribution in [0.2, 0.25) is 0 Å². The molecule has 12 heteroatoms. The average Bonchev–Trinajstić information content (AvgIpc) is 3.16. The van der Waals surface area contributed by atoms with Crippen LogP contribution in [0.1, 0.15) is 73.6 Å². The van der Waals surface area contributed by atoms with E-state index in [-0.39, 0.29) is 18.9 Å². The smallest absolute Gasteiger partial charge is 0.408 e. The highest BCUT2D eigenvalue weighted by molar-refractivity contribution is 6.44. The molecule has 4 N–H and O–H groups in total. The zero-order valence-electron chi connectivity index (χ0n) is 22.4. The number of primary amides is 1. The molecule has 0 aromatic heterocycles. The Morgan fingerprint density at radius 3 is 2.03 bits per heavy atom. The van der Waals surface area contributed by atoms with Crippen LogP contribution in [0.4, 0.5) is 4.79 Å². The topological polar surface area (TPSA) is 148 Å². The summed E-state index contributed by atoms with van der Waals surface area (Å²) in [6.45, 7) is 10.6. The Bertz CT molecular complexity index is 895. The molecule has 2 fully saturated rings. The molecule has 1 aliphatic heterocycles. The van der Waals surface area contributed by atoms with Gasteiger partial charge in [-0.3, -0.25) is 19.2 Å². The number of halogens is 2. The maximum absolute atomic E-state index is 13.8. The molecule has 0 aromatic carbocycles. The minimum atomic E-state index is -1.14. The van der Waals surface area contributed by atoms with Crippen molar-refractivity contribution >= 4 is 52.8 Å². The third kappa shape index (κ3) is 8.46. The SMILES string of the molecule is CC(C)(C)OC(=O)N[C@H](C(=O)N1CCC(C(Cl)Cl)[C@H]1C(=O)NC(CC1CCC1)C(=O)C(N)=O)C(C)(C)C. The van der Waals surface area contributed by atoms with Gasteiger partial charge in [0.15, 0.2) is 0 Å². The number of nitrogens with one attached hydrogen (secondary N) is 2. The molecule has 1 saturated carbocycles. The molecule has 1 aliphatic carbocycles. The molecular formula is C25H40Cl2N4O6. The van der Waals surface area contributed by atoms with Gasteiger partial charge < -0.3 is 26.0 Å². The molecule has 2 unspecified atom stereocenters. The Labute approximate surface area is 228 Å². The van der Waals surface area contributed by atoms with Crippen molar-refractivity contribution in [3.63, 3.8) is 0 Å². The van der Waals surface area contributed by atoms with Gasteiger partial charge in [0, 0.05) is 12.5 Å². The van der Waals surface area contributed by atoms with Gasteiger partial charge in [-0.2, -0.15) is 0 Å². The molecule has 0 spiro atoms. The molecule has 0 bridgehead atoms. The number of ether oxygens (including phenoxy) is 1. The first-order valence-corrected chi connectivity index (χ1v) is 13.5. The van der Waals surface area contributed by atoms with Gasteiger partial charge in [0.25, 0.3) is 5.91 Å². The summed E-state index contributed by atoms with van der Waals surface area (Å²) in [5, 5.41) is 5.29. The van der Waals surface area contributed by atoms with Crippen LogP contribution in [0.5, 0.6) is 0 Å². The summed E-state index contributed by atoms with van der Waals surface area (Å²) in [6, 6.07) is -3.24. The molecule has 2 aliphatic rings. The lowest BCUT2D eigenvalue weighted by molar-refractivity contribution is -0.144. The standard InChI is InChI=1S/C25H40Cl2N4O6/c1-24(2,3)18(30-23(36)37-25(4,5)6)22(35)31-11-10-14(19(26)27)16(31)21(34)29-15(17(32)20(28)33)12-13-8-7-9-13/h13-16,18-19H,7-12H2,1-6H3,(H2,28,33)(H,29,34)(H,30,36)/t14?,15?,16-,18+/m0/s1. The summed E-state index contributed by atoms with van der Waals surface area (Å²) in [5.74, 6) is -3.61. The molecule has 4 atom stereocenters. The van der Waals surface area contributed by atoms with E-state index in [1.54, 1.807) is 41.5 Å². The van der Waals surface area contributed by atoms with Crippen LogP contribution in [0.25, 0.3) is 0 Å². The number of Topliss-reactive ketones (excluding diaryl/α,β-unsaturated/α-hetero) is 1. The summed E-state index contributed by atoms with van der Waals surface area (Å²) >= 11 is 12.4. The minimum Gasteiger partial charge on any atom is -0.444 e. The van der Waals surface area contributed by atoms with Gasteiger partial charge in [0.1, 0.15) is 22.5 Å². The zero-order chi connectivity index (χ0) is 28.3. The van der Waals surface area contributed by atoms with Crippen molar-refractivity contribution in [2.75, 3.05) is 6.54 Å². The summed E-state index contributed by atoms with van der Waals surface area (Å²) in [7, 11) is 0. The van der Waals surface area contributed by atoms with Crippen molar-refractivity contribution < 1.29 is 28.7 Å². The Morgan fingerprint density at radius 2 is 1.59 bits per heavy atom. The first-order valence-electron chi connectivity index (χ1n) is 12.6. The van der Waals surface area contributed by atoms with Crippen molar-refractivity contribution in [3.8, 4) is 0 Å². The lowest BCUT2D eigenvalue weighted by atomic mass is 9.80. The van der Waals surface area contributed by atoms with Crippen LogP contribution in [0.15, 0.2) is 0 Å². The predicted molar refractivity (Wildman–Crippen MR) is 140 cm³/mol.